The Balaban J connectivity index is 2.64. The lowest BCUT2D eigenvalue weighted by Crippen LogP contribution is -1.94. The van der Waals surface area contributed by atoms with Crippen molar-refractivity contribution >= 4 is 22.6 Å². The Hall–Kier alpha value is -1.35. The molecular weight excluding hydrogens is 200 g/mol. The molecule has 0 aliphatic rings. The summed E-state index contributed by atoms with van der Waals surface area (Å²) in [6, 6.07) is 5.62. The smallest absolute Gasteiger partial charge is 0.148 e. The SMILES string of the molecule is CCOc1cccc2ncc(Cl)nc12. The summed E-state index contributed by atoms with van der Waals surface area (Å²) in [5, 5.41) is 0.379. The van der Waals surface area contributed by atoms with E-state index in [4.69, 9.17) is 16.3 Å². The van der Waals surface area contributed by atoms with Crippen molar-refractivity contribution in [2.45, 2.75) is 6.92 Å². The summed E-state index contributed by atoms with van der Waals surface area (Å²) in [7, 11) is 0. The molecule has 0 fully saturated rings. The molecule has 1 aromatic heterocycles. The van der Waals surface area contributed by atoms with Crippen LogP contribution in [0.3, 0.4) is 0 Å². The highest BCUT2D eigenvalue weighted by Crippen LogP contribution is 2.23. The van der Waals surface area contributed by atoms with Crippen molar-refractivity contribution < 1.29 is 4.74 Å². The zero-order chi connectivity index (χ0) is 9.97. The second-order valence-electron chi connectivity index (χ2n) is 2.75. The van der Waals surface area contributed by atoms with Crippen LogP contribution in [0.25, 0.3) is 11.0 Å². The standard InChI is InChI=1S/C10H9ClN2O/c1-2-14-8-5-3-4-7-10(8)13-9(11)6-12-7/h3-6H,2H2,1H3. The van der Waals surface area contributed by atoms with E-state index in [0.29, 0.717) is 17.3 Å². The Morgan fingerprint density at radius 3 is 3.07 bits per heavy atom. The molecule has 0 bridgehead atoms. The molecule has 14 heavy (non-hydrogen) atoms. The number of nitrogens with zero attached hydrogens (tertiary/aromatic N) is 2. The third kappa shape index (κ3) is 1.63. The highest BCUT2D eigenvalue weighted by Gasteiger charge is 2.04. The normalized spacial score (nSPS) is 10.4. The van der Waals surface area contributed by atoms with Crippen LogP contribution in [0, 0.1) is 0 Å². The van der Waals surface area contributed by atoms with Crippen molar-refractivity contribution in [3.8, 4) is 5.75 Å². The quantitative estimate of drug-likeness (QED) is 0.761. The summed E-state index contributed by atoms with van der Waals surface area (Å²) in [4.78, 5) is 8.32. The van der Waals surface area contributed by atoms with Gasteiger partial charge in [-0.1, -0.05) is 17.7 Å². The lowest BCUT2D eigenvalue weighted by molar-refractivity contribution is 0.343. The van der Waals surface area contributed by atoms with Crippen LogP contribution in [0.1, 0.15) is 6.92 Å². The molecule has 2 aromatic rings. The number of hydrogen-bond donors (Lipinski definition) is 0. The van der Waals surface area contributed by atoms with Crippen molar-refractivity contribution in [1.29, 1.82) is 0 Å². The van der Waals surface area contributed by atoms with Gasteiger partial charge < -0.3 is 4.74 Å². The Morgan fingerprint density at radius 2 is 2.29 bits per heavy atom. The van der Waals surface area contributed by atoms with Gasteiger partial charge in [0.2, 0.25) is 0 Å². The third-order valence-corrected chi connectivity index (χ3v) is 1.99. The van der Waals surface area contributed by atoms with Gasteiger partial charge in [0, 0.05) is 0 Å². The molecule has 0 N–H and O–H groups in total. The molecule has 0 spiro atoms. The topological polar surface area (TPSA) is 35.0 Å². The Labute approximate surface area is 86.7 Å². The van der Waals surface area contributed by atoms with Crippen LogP contribution in [0.4, 0.5) is 0 Å². The van der Waals surface area contributed by atoms with E-state index >= 15 is 0 Å². The Kier molecular flexibility index (Phi) is 2.50. The number of aromatic nitrogens is 2. The van der Waals surface area contributed by atoms with Gasteiger partial charge in [-0.05, 0) is 19.1 Å². The molecule has 1 heterocycles. The second kappa shape index (κ2) is 3.80. The van der Waals surface area contributed by atoms with Gasteiger partial charge in [-0.2, -0.15) is 0 Å². The molecule has 2 rings (SSSR count). The number of benzene rings is 1. The third-order valence-electron chi connectivity index (χ3n) is 1.81. The number of rotatable bonds is 2. The maximum Gasteiger partial charge on any atom is 0.148 e. The minimum atomic E-state index is 0.379. The summed E-state index contributed by atoms with van der Waals surface area (Å²) in [6.45, 7) is 2.53. The Bertz CT molecular complexity index is 459. The van der Waals surface area contributed by atoms with Crippen LogP contribution in [0.5, 0.6) is 5.75 Å². The van der Waals surface area contributed by atoms with E-state index in [1.807, 2.05) is 25.1 Å². The van der Waals surface area contributed by atoms with Crippen LogP contribution in [-0.2, 0) is 0 Å². The van der Waals surface area contributed by atoms with E-state index in [1.54, 1.807) is 0 Å². The van der Waals surface area contributed by atoms with Crippen LogP contribution in [0.2, 0.25) is 5.15 Å². The van der Waals surface area contributed by atoms with Crippen molar-refractivity contribution in [2.24, 2.45) is 0 Å². The van der Waals surface area contributed by atoms with Gasteiger partial charge in [-0.15, -0.1) is 0 Å². The zero-order valence-electron chi connectivity index (χ0n) is 7.70. The largest absolute Gasteiger partial charge is 0.492 e. The summed E-state index contributed by atoms with van der Waals surface area (Å²) in [6.07, 6.45) is 1.53. The molecule has 1 aromatic carbocycles. The van der Waals surface area contributed by atoms with Crippen LogP contribution in [-0.4, -0.2) is 16.6 Å². The molecule has 3 nitrogen and oxygen atoms in total. The molecular formula is C10H9ClN2O. The monoisotopic (exact) mass is 208 g/mol. The number of fused-ring (bicyclic) bond motifs is 1. The van der Waals surface area contributed by atoms with Crippen molar-refractivity contribution in [2.75, 3.05) is 6.61 Å². The summed E-state index contributed by atoms with van der Waals surface area (Å²) < 4.78 is 5.41. The van der Waals surface area contributed by atoms with Gasteiger partial charge in [-0.3, -0.25) is 4.98 Å². The van der Waals surface area contributed by atoms with Gasteiger partial charge in [0.1, 0.15) is 16.4 Å². The highest BCUT2D eigenvalue weighted by molar-refractivity contribution is 6.29. The van der Waals surface area contributed by atoms with E-state index in [1.165, 1.54) is 6.20 Å². The Morgan fingerprint density at radius 1 is 1.43 bits per heavy atom. The first-order chi connectivity index (χ1) is 6.81. The van der Waals surface area contributed by atoms with Crippen molar-refractivity contribution in [1.82, 2.24) is 9.97 Å². The first-order valence-corrected chi connectivity index (χ1v) is 4.73. The van der Waals surface area contributed by atoms with Gasteiger partial charge >= 0.3 is 0 Å². The minimum Gasteiger partial charge on any atom is -0.492 e. The number of halogens is 1. The molecule has 0 atom stereocenters. The predicted octanol–water partition coefficient (Wildman–Crippen LogP) is 2.68. The maximum atomic E-state index is 5.76. The number of hydrogen-bond acceptors (Lipinski definition) is 3. The number of para-hydroxylation sites is 1. The van der Waals surface area contributed by atoms with Gasteiger partial charge in [0.15, 0.2) is 0 Å². The molecule has 0 aliphatic heterocycles. The molecule has 0 unspecified atom stereocenters. The molecule has 0 saturated heterocycles. The predicted molar refractivity (Wildman–Crippen MR) is 55.7 cm³/mol. The lowest BCUT2D eigenvalue weighted by atomic mass is 10.3. The second-order valence-corrected chi connectivity index (χ2v) is 3.14. The fourth-order valence-corrected chi connectivity index (χ4v) is 1.39. The fraction of sp³-hybridized carbons (Fsp3) is 0.200. The van der Waals surface area contributed by atoms with Crippen molar-refractivity contribution in [3.05, 3.63) is 29.5 Å². The molecule has 0 saturated carbocycles. The molecule has 0 amide bonds. The van der Waals surface area contributed by atoms with Crippen LogP contribution < -0.4 is 4.74 Å². The van der Waals surface area contributed by atoms with E-state index in [2.05, 4.69) is 9.97 Å². The first kappa shape index (κ1) is 9.21. The van der Waals surface area contributed by atoms with Crippen molar-refractivity contribution in [3.63, 3.8) is 0 Å². The maximum absolute atomic E-state index is 5.76. The number of ether oxygens (including phenoxy) is 1. The van der Waals surface area contributed by atoms with E-state index in [9.17, 15) is 0 Å². The zero-order valence-corrected chi connectivity index (χ0v) is 8.45. The minimum absolute atomic E-state index is 0.379. The first-order valence-electron chi connectivity index (χ1n) is 4.35. The van der Waals surface area contributed by atoms with E-state index < -0.39 is 0 Å². The van der Waals surface area contributed by atoms with Gasteiger partial charge in [0.05, 0.1) is 18.3 Å². The average Bonchev–Trinajstić information content (AvgIpc) is 2.19. The highest BCUT2D eigenvalue weighted by atomic mass is 35.5. The van der Waals surface area contributed by atoms with Gasteiger partial charge in [0.25, 0.3) is 0 Å². The average molecular weight is 209 g/mol. The molecule has 0 aliphatic carbocycles. The lowest BCUT2D eigenvalue weighted by Gasteiger charge is -2.05. The molecule has 4 heteroatoms. The fourth-order valence-electron chi connectivity index (χ4n) is 1.26. The molecule has 72 valence electrons. The van der Waals surface area contributed by atoms with Crippen LogP contribution in [0.15, 0.2) is 24.4 Å². The van der Waals surface area contributed by atoms with E-state index in [0.717, 1.165) is 11.3 Å². The summed E-state index contributed by atoms with van der Waals surface area (Å²) in [5.74, 6) is 0.722. The summed E-state index contributed by atoms with van der Waals surface area (Å²) in [5.41, 5.74) is 1.50. The van der Waals surface area contributed by atoms with E-state index in [-0.39, 0.29) is 0 Å². The van der Waals surface area contributed by atoms with Gasteiger partial charge in [-0.25, -0.2) is 4.98 Å². The van der Waals surface area contributed by atoms with Crippen LogP contribution >= 0.6 is 11.6 Å². The summed E-state index contributed by atoms with van der Waals surface area (Å²) >= 11 is 5.76. The molecule has 0 radical (unpaired) electrons.